The smallest absolute Gasteiger partial charge is 0.232 e. The Labute approximate surface area is 212 Å². The van der Waals surface area contributed by atoms with Crippen molar-refractivity contribution in [1.29, 1.82) is 0 Å². The first-order valence-electron chi connectivity index (χ1n) is 10.8. The highest BCUT2D eigenvalue weighted by atomic mass is 32.2. The Kier molecular flexibility index (Phi) is 6.41. The number of aromatic amines is 1. The molecule has 0 aliphatic heterocycles. The molecule has 4 aromatic heterocycles. The number of hydrogen-bond donors (Lipinski definition) is 2. The number of carbonyl (C=O) groups is 1. The van der Waals surface area contributed by atoms with Gasteiger partial charge < -0.3 is 4.98 Å². The van der Waals surface area contributed by atoms with E-state index in [1.54, 1.807) is 31.5 Å². The SMILES string of the molecule is CCCS(=O)(=O)Nc1ccc(F)c(C(=O)c2c(-c3ccc(-c4nccs4)s3)cnc3[nH]ccc23)c1F. The van der Waals surface area contributed by atoms with Crippen LogP contribution >= 0.6 is 22.7 Å². The topological polar surface area (TPSA) is 105 Å². The molecule has 12 heteroatoms. The molecule has 0 bridgehead atoms. The van der Waals surface area contributed by atoms with E-state index in [2.05, 4.69) is 19.7 Å². The predicted octanol–water partition coefficient (Wildman–Crippen LogP) is 6.08. The number of carbonyl (C=O) groups excluding carboxylic acids is 1. The molecule has 0 atom stereocenters. The van der Waals surface area contributed by atoms with Crippen molar-refractivity contribution in [2.24, 2.45) is 0 Å². The molecule has 0 fully saturated rings. The first kappa shape index (κ1) is 24.2. The van der Waals surface area contributed by atoms with Crippen LogP contribution in [0.15, 0.2) is 54.3 Å². The number of rotatable bonds is 8. The van der Waals surface area contributed by atoms with E-state index in [0.717, 1.165) is 22.0 Å². The number of aromatic nitrogens is 3. The molecule has 0 unspecified atom stereocenters. The molecule has 2 N–H and O–H groups in total. The second-order valence-electron chi connectivity index (χ2n) is 7.82. The van der Waals surface area contributed by atoms with Crippen molar-refractivity contribution in [3.8, 4) is 20.3 Å². The van der Waals surface area contributed by atoms with Crippen molar-refractivity contribution in [3.05, 3.63) is 77.1 Å². The van der Waals surface area contributed by atoms with Gasteiger partial charge in [0, 0.05) is 45.4 Å². The number of halogens is 2. The lowest BCUT2D eigenvalue weighted by atomic mass is 9.95. The molecule has 4 heterocycles. The van der Waals surface area contributed by atoms with Crippen LogP contribution in [0.3, 0.4) is 0 Å². The number of fused-ring (bicyclic) bond motifs is 1. The molecule has 0 aliphatic rings. The number of hydrogen-bond acceptors (Lipinski definition) is 7. The zero-order valence-electron chi connectivity index (χ0n) is 18.7. The molecule has 1 aromatic carbocycles. The molecule has 0 saturated carbocycles. The number of sulfonamides is 1. The summed E-state index contributed by atoms with van der Waals surface area (Å²) in [4.78, 5) is 26.9. The molecule has 0 amide bonds. The first-order valence-corrected chi connectivity index (χ1v) is 14.1. The van der Waals surface area contributed by atoms with Gasteiger partial charge in [-0.25, -0.2) is 27.2 Å². The van der Waals surface area contributed by atoms with Gasteiger partial charge in [-0.3, -0.25) is 9.52 Å². The van der Waals surface area contributed by atoms with Crippen molar-refractivity contribution in [1.82, 2.24) is 15.0 Å². The molecular weight excluding hydrogens is 526 g/mol. The molecular formula is C24H18F2N4O3S3. The van der Waals surface area contributed by atoms with Crippen molar-refractivity contribution in [2.75, 3.05) is 10.5 Å². The van der Waals surface area contributed by atoms with Crippen LogP contribution in [0.25, 0.3) is 31.4 Å². The highest BCUT2D eigenvalue weighted by Crippen LogP contribution is 2.39. The van der Waals surface area contributed by atoms with Crippen LogP contribution < -0.4 is 4.72 Å². The summed E-state index contributed by atoms with van der Waals surface area (Å²) in [7, 11) is -3.86. The van der Waals surface area contributed by atoms with Crippen LogP contribution in [0, 0.1) is 11.6 Å². The van der Waals surface area contributed by atoms with Gasteiger partial charge in [-0.05, 0) is 36.8 Å². The summed E-state index contributed by atoms with van der Waals surface area (Å²) < 4.78 is 56.9. The van der Waals surface area contributed by atoms with Gasteiger partial charge in [-0.1, -0.05) is 6.92 Å². The normalized spacial score (nSPS) is 11.8. The summed E-state index contributed by atoms with van der Waals surface area (Å²) >= 11 is 2.84. The van der Waals surface area contributed by atoms with E-state index in [9.17, 15) is 17.6 Å². The van der Waals surface area contributed by atoms with E-state index in [0.29, 0.717) is 27.9 Å². The molecule has 5 rings (SSSR count). The van der Waals surface area contributed by atoms with Crippen LogP contribution in [0.5, 0.6) is 0 Å². The summed E-state index contributed by atoms with van der Waals surface area (Å²) in [6, 6.07) is 7.11. The van der Waals surface area contributed by atoms with Crippen LogP contribution in [0.4, 0.5) is 14.5 Å². The average Bonchev–Trinajstić information content (AvgIpc) is 3.61. The number of ketones is 1. The molecule has 0 radical (unpaired) electrons. The Morgan fingerprint density at radius 3 is 2.64 bits per heavy atom. The van der Waals surface area contributed by atoms with Crippen LogP contribution in [-0.2, 0) is 10.0 Å². The second-order valence-corrected chi connectivity index (χ2v) is 11.6. The third-order valence-corrected chi connectivity index (χ3v) is 8.92. The molecule has 184 valence electrons. The zero-order valence-corrected chi connectivity index (χ0v) is 21.2. The van der Waals surface area contributed by atoms with Gasteiger partial charge in [0.1, 0.15) is 16.5 Å². The largest absolute Gasteiger partial charge is 0.346 e. The summed E-state index contributed by atoms with van der Waals surface area (Å²) in [5, 5.41) is 3.04. The van der Waals surface area contributed by atoms with E-state index in [1.165, 1.54) is 28.9 Å². The number of benzene rings is 1. The Morgan fingerprint density at radius 1 is 1.08 bits per heavy atom. The van der Waals surface area contributed by atoms with Crippen molar-refractivity contribution < 1.29 is 22.0 Å². The van der Waals surface area contributed by atoms with Crippen LogP contribution in [-0.4, -0.2) is 34.9 Å². The summed E-state index contributed by atoms with van der Waals surface area (Å²) in [5.74, 6) is -3.55. The lowest BCUT2D eigenvalue weighted by Gasteiger charge is -2.13. The van der Waals surface area contributed by atoms with Gasteiger partial charge in [0.25, 0.3) is 0 Å². The van der Waals surface area contributed by atoms with Crippen LogP contribution in [0.2, 0.25) is 0 Å². The van der Waals surface area contributed by atoms with E-state index in [-0.39, 0.29) is 11.3 Å². The number of H-pyrrole nitrogens is 1. The Balaban J connectivity index is 1.66. The van der Waals surface area contributed by atoms with Gasteiger partial charge in [-0.15, -0.1) is 22.7 Å². The van der Waals surface area contributed by atoms with Gasteiger partial charge in [0.2, 0.25) is 10.0 Å². The molecule has 36 heavy (non-hydrogen) atoms. The number of nitrogens with zero attached hydrogens (tertiary/aromatic N) is 2. The van der Waals surface area contributed by atoms with E-state index < -0.39 is 38.7 Å². The highest BCUT2D eigenvalue weighted by Gasteiger charge is 2.28. The molecule has 7 nitrogen and oxygen atoms in total. The van der Waals surface area contributed by atoms with Crippen molar-refractivity contribution in [2.45, 2.75) is 13.3 Å². The molecule has 5 aromatic rings. The standard InChI is InChI=1S/C24H18F2N4O3S3/c1-2-11-36(32,33)30-16-4-3-15(25)20(21(16)26)22(31)19-13-7-8-27-23(13)29-12-14(19)17-5-6-18(35-17)24-28-9-10-34-24/h3-10,12,30H,2,11H2,1H3,(H,27,29). The lowest BCUT2D eigenvalue weighted by molar-refractivity contribution is 0.103. The molecule has 0 aliphatic carbocycles. The summed E-state index contributed by atoms with van der Waals surface area (Å²) in [6.45, 7) is 1.66. The van der Waals surface area contributed by atoms with E-state index >= 15 is 4.39 Å². The van der Waals surface area contributed by atoms with E-state index in [4.69, 9.17) is 0 Å². The predicted molar refractivity (Wildman–Crippen MR) is 138 cm³/mol. The average molecular weight is 545 g/mol. The highest BCUT2D eigenvalue weighted by molar-refractivity contribution is 7.92. The number of pyridine rings is 1. The minimum absolute atomic E-state index is 0.0557. The summed E-state index contributed by atoms with van der Waals surface area (Å²) in [5.41, 5.74) is -0.509. The first-order chi connectivity index (χ1) is 17.3. The monoisotopic (exact) mass is 544 g/mol. The molecule has 0 saturated heterocycles. The molecule has 0 spiro atoms. The maximum absolute atomic E-state index is 15.5. The van der Waals surface area contributed by atoms with Gasteiger partial charge in [0.05, 0.1) is 21.9 Å². The number of thiazole rings is 1. The Hall–Kier alpha value is -3.48. The van der Waals surface area contributed by atoms with Gasteiger partial charge in [-0.2, -0.15) is 0 Å². The second kappa shape index (κ2) is 9.52. The fourth-order valence-electron chi connectivity index (χ4n) is 3.83. The number of anilines is 1. The van der Waals surface area contributed by atoms with Gasteiger partial charge >= 0.3 is 0 Å². The minimum atomic E-state index is -3.86. The van der Waals surface area contributed by atoms with E-state index in [1.807, 2.05) is 11.4 Å². The Bertz CT molecular complexity index is 1690. The maximum atomic E-state index is 15.5. The fraction of sp³-hybridized carbons (Fsp3) is 0.125. The number of nitrogens with one attached hydrogen (secondary N) is 2. The lowest BCUT2D eigenvalue weighted by Crippen LogP contribution is -2.19. The van der Waals surface area contributed by atoms with Crippen molar-refractivity contribution in [3.63, 3.8) is 0 Å². The third kappa shape index (κ3) is 4.43. The Morgan fingerprint density at radius 2 is 1.89 bits per heavy atom. The zero-order chi connectivity index (χ0) is 25.4. The van der Waals surface area contributed by atoms with Crippen molar-refractivity contribution >= 4 is 55.2 Å². The van der Waals surface area contributed by atoms with Gasteiger partial charge in [0.15, 0.2) is 11.6 Å². The quantitative estimate of drug-likeness (QED) is 0.231. The summed E-state index contributed by atoms with van der Waals surface area (Å²) in [6.07, 6.45) is 5.05. The van der Waals surface area contributed by atoms with Crippen LogP contribution in [0.1, 0.15) is 29.3 Å². The minimum Gasteiger partial charge on any atom is -0.346 e. The maximum Gasteiger partial charge on any atom is 0.232 e. The fourth-order valence-corrected chi connectivity index (χ4v) is 6.71. The third-order valence-electron chi connectivity index (χ3n) is 5.38. The number of thiophene rings is 1.